The van der Waals surface area contributed by atoms with E-state index in [1.54, 1.807) is 23.9 Å². The average Bonchev–Trinajstić information content (AvgIpc) is 3.09. The number of fused-ring (bicyclic) bond motifs is 2. The van der Waals surface area contributed by atoms with Crippen molar-refractivity contribution in [1.29, 1.82) is 0 Å². The maximum Gasteiger partial charge on any atom is 1.00 e. The summed E-state index contributed by atoms with van der Waals surface area (Å²) in [6.45, 7) is 1.66. The Morgan fingerprint density at radius 2 is 2.11 bits per heavy atom. The quantitative estimate of drug-likeness (QED) is 0.262. The number of aromatic nitrogens is 2. The molecule has 3 heterocycles. The topological polar surface area (TPSA) is 154 Å². The van der Waals surface area contributed by atoms with Crippen molar-refractivity contribution in [3.63, 3.8) is 0 Å². The van der Waals surface area contributed by atoms with Crippen molar-refractivity contribution >= 4 is 28.1 Å². The third kappa shape index (κ3) is 5.10. The van der Waals surface area contributed by atoms with E-state index in [4.69, 9.17) is 0 Å². The summed E-state index contributed by atoms with van der Waals surface area (Å²) in [5.74, 6) is -0.0956. The smallest absolute Gasteiger partial charge is 0.724 e. The van der Waals surface area contributed by atoms with Crippen molar-refractivity contribution in [2.24, 2.45) is 0 Å². The van der Waals surface area contributed by atoms with E-state index < -0.39 is 34.4 Å². The first kappa shape index (κ1) is 22.8. The van der Waals surface area contributed by atoms with Gasteiger partial charge >= 0.3 is 35.6 Å². The Hall–Kier alpha value is -1.51. The minimum atomic E-state index is -5.09. The van der Waals surface area contributed by atoms with Crippen molar-refractivity contribution in [3.05, 3.63) is 18.2 Å². The van der Waals surface area contributed by atoms with Crippen LogP contribution in [0.3, 0.4) is 0 Å². The van der Waals surface area contributed by atoms with Crippen LogP contribution in [0.25, 0.3) is 0 Å². The number of urea groups is 1. The van der Waals surface area contributed by atoms with Crippen molar-refractivity contribution in [2.75, 3.05) is 13.1 Å². The zero-order valence-corrected chi connectivity index (χ0v) is 18.2. The molecule has 0 aliphatic carbocycles. The molecule has 14 heteroatoms. The van der Waals surface area contributed by atoms with Crippen molar-refractivity contribution in [1.82, 2.24) is 24.8 Å². The van der Waals surface area contributed by atoms with E-state index in [1.807, 2.05) is 0 Å². The number of Topliss-reactive ketones (excluding diaryl/α,β-unsaturated/α-hetero) is 1. The summed E-state index contributed by atoms with van der Waals surface area (Å²) < 4.78 is 38.1. The molecule has 12 nitrogen and oxygen atoms in total. The zero-order valence-electron chi connectivity index (χ0n) is 15.4. The van der Waals surface area contributed by atoms with Crippen LogP contribution in [0.5, 0.6) is 0 Å². The van der Waals surface area contributed by atoms with Crippen LogP contribution in [0.15, 0.2) is 12.4 Å². The molecule has 2 aliphatic rings. The van der Waals surface area contributed by atoms with E-state index in [2.05, 4.69) is 14.6 Å². The molecule has 2 bridgehead atoms. The minimum absolute atomic E-state index is 0. The summed E-state index contributed by atoms with van der Waals surface area (Å²) in [5.41, 5.74) is 0. The number of carbonyl (C=O) groups excluding carboxylic acids is 3. The van der Waals surface area contributed by atoms with Crippen LogP contribution in [-0.2, 0) is 30.8 Å². The first-order valence-corrected chi connectivity index (χ1v) is 9.51. The Bertz CT molecular complexity index is 873. The Labute approximate surface area is 183 Å². The second kappa shape index (κ2) is 8.88. The largest absolute Gasteiger partial charge is 1.00 e. The van der Waals surface area contributed by atoms with Gasteiger partial charge in [0.25, 0.3) is 0 Å². The van der Waals surface area contributed by atoms with Crippen molar-refractivity contribution < 1.29 is 61.2 Å². The molecule has 1 N–H and O–H groups in total. The third-order valence-electron chi connectivity index (χ3n) is 4.53. The van der Waals surface area contributed by atoms with Gasteiger partial charge in [-0.05, 0) is 19.8 Å². The average molecular weight is 423 g/mol. The van der Waals surface area contributed by atoms with Gasteiger partial charge in [0.1, 0.15) is 11.9 Å². The number of amides is 3. The fourth-order valence-corrected chi connectivity index (χ4v) is 3.60. The molecule has 0 radical (unpaired) electrons. The number of nitrogens with zero attached hydrogens (tertiary/aromatic N) is 4. The summed E-state index contributed by atoms with van der Waals surface area (Å²) in [7, 11) is -5.09. The number of nitrogens with one attached hydrogen (secondary N) is 1. The molecule has 0 aromatic carbocycles. The minimum Gasteiger partial charge on any atom is -0.724 e. The second-order valence-electron chi connectivity index (χ2n) is 6.35. The maximum absolute atomic E-state index is 12.4. The third-order valence-corrected chi connectivity index (χ3v) is 4.87. The van der Waals surface area contributed by atoms with Crippen molar-refractivity contribution in [2.45, 2.75) is 38.4 Å². The number of hydrogen-bond donors (Lipinski definition) is 1. The molecule has 3 amide bonds. The number of hydrogen-bond acceptors (Lipinski definition) is 8. The van der Waals surface area contributed by atoms with Crippen LogP contribution in [0, 0.1) is 6.92 Å². The van der Waals surface area contributed by atoms with E-state index in [1.165, 1.54) is 0 Å². The Kier molecular flexibility index (Phi) is 7.22. The van der Waals surface area contributed by atoms with E-state index in [0.717, 1.165) is 4.90 Å². The van der Waals surface area contributed by atoms with Gasteiger partial charge in [0.05, 0.1) is 19.1 Å². The van der Waals surface area contributed by atoms with Crippen LogP contribution in [0.2, 0.25) is 0 Å². The summed E-state index contributed by atoms with van der Waals surface area (Å²) in [4.78, 5) is 41.8. The predicted octanol–water partition coefficient (Wildman–Crippen LogP) is -4.46. The van der Waals surface area contributed by atoms with Gasteiger partial charge in [-0.25, -0.2) is 18.2 Å². The number of aryl methyl sites for hydroxylation is 1. The molecule has 2 fully saturated rings. The Morgan fingerprint density at radius 1 is 1.39 bits per heavy atom. The SMILES string of the molecule is Cc1nccn1CC(=O)CNC(=O)[C@@H]1CC[C@@H]2CN1C(=O)N2OS(=O)(=O)[O-].[Na+]. The maximum atomic E-state index is 12.4. The summed E-state index contributed by atoms with van der Waals surface area (Å²) in [5, 5.41) is 3.00. The molecule has 148 valence electrons. The van der Waals surface area contributed by atoms with Gasteiger partial charge < -0.3 is 19.3 Å². The first-order valence-electron chi connectivity index (χ1n) is 8.18. The zero-order chi connectivity index (χ0) is 19.8. The fraction of sp³-hybridized carbons (Fsp3) is 0.571. The molecular formula is C14H18N5NaO7S. The number of hydroxylamine groups is 2. The molecular weight excluding hydrogens is 405 g/mol. The number of imidazole rings is 1. The molecule has 28 heavy (non-hydrogen) atoms. The molecule has 0 spiro atoms. The fourth-order valence-electron chi connectivity index (χ4n) is 3.22. The van der Waals surface area contributed by atoms with Gasteiger partial charge in [0.2, 0.25) is 16.3 Å². The summed E-state index contributed by atoms with van der Waals surface area (Å²) >= 11 is 0. The Balaban J connectivity index is 0.00000280. The summed E-state index contributed by atoms with van der Waals surface area (Å²) in [6.07, 6.45) is 3.76. The second-order valence-corrected chi connectivity index (χ2v) is 7.31. The molecule has 3 rings (SSSR count). The van der Waals surface area contributed by atoms with Gasteiger partial charge in [-0.1, -0.05) is 0 Å². The van der Waals surface area contributed by atoms with E-state index in [-0.39, 0.29) is 67.8 Å². The predicted molar refractivity (Wildman–Crippen MR) is 86.5 cm³/mol. The van der Waals surface area contributed by atoms with Crippen molar-refractivity contribution in [3.8, 4) is 0 Å². The van der Waals surface area contributed by atoms with Gasteiger partial charge in [0.15, 0.2) is 5.78 Å². The first-order chi connectivity index (χ1) is 12.7. The van der Waals surface area contributed by atoms with E-state index >= 15 is 0 Å². The molecule has 2 saturated heterocycles. The van der Waals surface area contributed by atoms with Crippen LogP contribution in [-0.4, -0.2) is 75.4 Å². The number of ketones is 1. The molecule has 1 aromatic rings. The molecule has 1 aromatic heterocycles. The van der Waals surface area contributed by atoms with E-state index in [9.17, 15) is 27.4 Å². The summed E-state index contributed by atoms with van der Waals surface area (Å²) in [6, 6.07) is -2.34. The standard InChI is InChI=1S/C14H19N5O7S.Na/c1-9-15-4-5-17(9)8-11(20)6-16-13(21)12-3-2-10-7-18(12)14(22)19(10)26-27(23,24)25;/h4-5,10,12H,2-3,6-8H2,1H3,(H,16,21)(H,23,24,25);/q;+1/p-1/t10-,12+;/m1./s1. The van der Waals surface area contributed by atoms with Crippen LogP contribution in [0.4, 0.5) is 4.79 Å². The Morgan fingerprint density at radius 3 is 2.71 bits per heavy atom. The number of rotatable bonds is 7. The number of piperidine rings is 1. The van der Waals surface area contributed by atoms with Crippen LogP contribution < -0.4 is 34.9 Å². The molecule has 2 atom stereocenters. The number of carbonyl (C=O) groups is 3. The normalized spacial score (nSPS) is 21.4. The van der Waals surface area contributed by atoms with Gasteiger partial charge in [0, 0.05) is 18.9 Å². The molecule has 0 saturated carbocycles. The van der Waals surface area contributed by atoms with Crippen LogP contribution >= 0.6 is 0 Å². The monoisotopic (exact) mass is 423 g/mol. The molecule has 2 aliphatic heterocycles. The van der Waals surface area contributed by atoms with Gasteiger partial charge in [-0.3, -0.25) is 9.59 Å². The molecule has 0 unspecified atom stereocenters. The van der Waals surface area contributed by atoms with Crippen LogP contribution in [0.1, 0.15) is 18.7 Å². The van der Waals surface area contributed by atoms with Gasteiger partial charge in [-0.15, -0.1) is 0 Å². The van der Waals surface area contributed by atoms with Gasteiger partial charge in [-0.2, -0.15) is 9.35 Å². The van der Waals surface area contributed by atoms with E-state index in [0.29, 0.717) is 10.9 Å².